The molecule has 1 rings (SSSR count). The molecule has 0 spiro atoms. The zero-order valence-corrected chi connectivity index (χ0v) is 11.2. The second-order valence-corrected chi connectivity index (χ2v) is 4.29. The second-order valence-electron chi connectivity index (χ2n) is 3.50. The SMILES string of the molecule is C=CCN(C(=O)C(F)(F)F)c1cccc(C=O)c1Br. The Balaban J connectivity index is 3.31. The summed E-state index contributed by atoms with van der Waals surface area (Å²) in [6.07, 6.45) is -3.35. The molecule has 0 aliphatic rings. The Bertz CT molecular complexity index is 514. The van der Waals surface area contributed by atoms with Gasteiger partial charge in [0.25, 0.3) is 0 Å². The van der Waals surface area contributed by atoms with Crippen molar-refractivity contribution in [1.29, 1.82) is 0 Å². The highest BCUT2D eigenvalue weighted by Gasteiger charge is 2.43. The van der Waals surface area contributed by atoms with Crippen molar-refractivity contribution in [3.8, 4) is 0 Å². The van der Waals surface area contributed by atoms with Crippen molar-refractivity contribution < 1.29 is 22.8 Å². The first-order valence-electron chi connectivity index (χ1n) is 5.06. The van der Waals surface area contributed by atoms with Gasteiger partial charge in [0.1, 0.15) is 0 Å². The number of carbonyl (C=O) groups excluding carboxylic acids is 2. The van der Waals surface area contributed by atoms with Crippen LogP contribution in [0.4, 0.5) is 18.9 Å². The Kier molecular flexibility index (Phi) is 4.88. The van der Waals surface area contributed by atoms with Crippen LogP contribution in [0.1, 0.15) is 10.4 Å². The zero-order chi connectivity index (χ0) is 14.6. The van der Waals surface area contributed by atoms with Crippen molar-refractivity contribution in [2.45, 2.75) is 6.18 Å². The van der Waals surface area contributed by atoms with Crippen LogP contribution in [0.25, 0.3) is 0 Å². The number of alkyl halides is 3. The summed E-state index contributed by atoms with van der Waals surface area (Å²) >= 11 is 3.02. The zero-order valence-electron chi connectivity index (χ0n) is 9.58. The Morgan fingerprint density at radius 3 is 2.53 bits per heavy atom. The number of halogens is 4. The van der Waals surface area contributed by atoms with Crippen LogP contribution in [-0.4, -0.2) is 24.9 Å². The Hall–Kier alpha value is -1.63. The van der Waals surface area contributed by atoms with Crippen LogP contribution in [0, 0.1) is 0 Å². The van der Waals surface area contributed by atoms with E-state index in [1.54, 1.807) is 0 Å². The number of aldehydes is 1. The van der Waals surface area contributed by atoms with Gasteiger partial charge in [0, 0.05) is 12.1 Å². The van der Waals surface area contributed by atoms with Gasteiger partial charge in [0.2, 0.25) is 0 Å². The molecule has 0 fully saturated rings. The van der Waals surface area contributed by atoms with Crippen molar-refractivity contribution in [1.82, 2.24) is 0 Å². The molecule has 0 saturated carbocycles. The molecule has 0 aliphatic carbocycles. The highest BCUT2D eigenvalue weighted by molar-refractivity contribution is 9.10. The summed E-state index contributed by atoms with van der Waals surface area (Å²) in [4.78, 5) is 22.6. The number of amides is 1. The van der Waals surface area contributed by atoms with E-state index < -0.39 is 12.1 Å². The maximum atomic E-state index is 12.5. The molecule has 0 saturated heterocycles. The third-order valence-corrected chi connectivity index (χ3v) is 3.09. The fraction of sp³-hybridized carbons (Fsp3) is 0.167. The fourth-order valence-electron chi connectivity index (χ4n) is 1.41. The Labute approximate surface area is 115 Å². The van der Waals surface area contributed by atoms with Gasteiger partial charge in [-0.2, -0.15) is 13.2 Å². The van der Waals surface area contributed by atoms with Crippen molar-refractivity contribution in [2.24, 2.45) is 0 Å². The summed E-state index contributed by atoms with van der Waals surface area (Å²) in [5.74, 6) is -2.02. The lowest BCUT2D eigenvalue weighted by Crippen LogP contribution is -2.41. The first-order valence-corrected chi connectivity index (χ1v) is 5.85. The van der Waals surface area contributed by atoms with E-state index in [9.17, 15) is 22.8 Å². The quantitative estimate of drug-likeness (QED) is 0.625. The lowest BCUT2D eigenvalue weighted by Gasteiger charge is -2.24. The number of hydrogen-bond donors (Lipinski definition) is 0. The van der Waals surface area contributed by atoms with Crippen LogP contribution in [0.3, 0.4) is 0 Å². The third kappa shape index (κ3) is 3.44. The highest BCUT2D eigenvalue weighted by atomic mass is 79.9. The largest absolute Gasteiger partial charge is 0.471 e. The van der Waals surface area contributed by atoms with Gasteiger partial charge in [-0.25, -0.2) is 0 Å². The van der Waals surface area contributed by atoms with Crippen LogP contribution in [0.15, 0.2) is 35.3 Å². The molecule has 3 nitrogen and oxygen atoms in total. The van der Waals surface area contributed by atoms with Gasteiger partial charge in [0.15, 0.2) is 6.29 Å². The lowest BCUT2D eigenvalue weighted by molar-refractivity contribution is -0.170. The van der Waals surface area contributed by atoms with Gasteiger partial charge >= 0.3 is 12.1 Å². The minimum absolute atomic E-state index is 0.0353. The van der Waals surface area contributed by atoms with Crippen LogP contribution < -0.4 is 4.90 Å². The molecule has 7 heteroatoms. The summed E-state index contributed by atoms with van der Waals surface area (Å²) in [6, 6.07) is 4.12. The highest BCUT2D eigenvalue weighted by Crippen LogP contribution is 2.31. The van der Waals surface area contributed by atoms with E-state index in [0.717, 1.165) is 0 Å². The Morgan fingerprint density at radius 1 is 1.42 bits per heavy atom. The topological polar surface area (TPSA) is 37.4 Å². The molecular weight excluding hydrogens is 327 g/mol. The summed E-state index contributed by atoms with van der Waals surface area (Å²) in [5.41, 5.74) is 0.119. The van der Waals surface area contributed by atoms with Crippen LogP contribution in [0.5, 0.6) is 0 Å². The average Bonchev–Trinajstić information content (AvgIpc) is 2.35. The molecule has 1 aromatic carbocycles. The number of benzene rings is 1. The van der Waals surface area contributed by atoms with Gasteiger partial charge in [-0.05, 0) is 22.0 Å². The molecule has 0 bridgehead atoms. The maximum Gasteiger partial charge on any atom is 0.471 e. The standard InChI is InChI=1S/C12H9BrF3NO2/c1-2-6-17(11(19)12(14,15)16)9-5-3-4-8(7-18)10(9)13/h2-5,7H,1,6H2. The predicted molar refractivity (Wildman–Crippen MR) is 68.1 cm³/mol. The molecule has 0 aromatic heterocycles. The van der Waals surface area contributed by atoms with Gasteiger partial charge < -0.3 is 0 Å². The van der Waals surface area contributed by atoms with E-state index in [0.29, 0.717) is 11.2 Å². The number of hydrogen-bond acceptors (Lipinski definition) is 2. The average molecular weight is 336 g/mol. The fourth-order valence-corrected chi connectivity index (χ4v) is 1.98. The molecule has 1 aromatic rings. The summed E-state index contributed by atoms with van der Waals surface area (Å²) in [6.45, 7) is 3.00. The molecule has 0 heterocycles. The summed E-state index contributed by atoms with van der Waals surface area (Å²) in [7, 11) is 0. The number of nitrogens with zero attached hydrogens (tertiary/aromatic N) is 1. The van der Waals surface area contributed by atoms with E-state index in [4.69, 9.17) is 0 Å². The monoisotopic (exact) mass is 335 g/mol. The van der Waals surface area contributed by atoms with Gasteiger partial charge in [-0.1, -0.05) is 18.2 Å². The van der Waals surface area contributed by atoms with Crippen molar-refractivity contribution in [2.75, 3.05) is 11.4 Å². The first-order chi connectivity index (χ1) is 8.82. The molecule has 19 heavy (non-hydrogen) atoms. The maximum absolute atomic E-state index is 12.5. The minimum atomic E-state index is -5.00. The van der Waals surface area contributed by atoms with Crippen molar-refractivity contribution >= 4 is 33.8 Å². The van der Waals surface area contributed by atoms with E-state index in [1.807, 2.05) is 0 Å². The molecule has 0 radical (unpaired) electrons. The summed E-state index contributed by atoms with van der Waals surface area (Å²) < 4.78 is 37.7. The molecule has 0 aliphatic heterocycles. The number of rotatable bonds is 4. The molecular formula is C12H9BrF3NO2. The molecule has 0 unspecified atom stereocenters. The first kappa shape index (κ1) is 15.4. The second kappa shape index (κ2) is 6.01. The van der Waals surface area contributed by atoms with Crippen LogP contribution in [0.2, 0.25) is 0 Å². The van der Waals surface area contributed by atoms with Crippen molar-refractivity contribution in [3.05, 3.63) is 40.9 Å². The molecule has 0 N–H and O–H groups in total. The van der Waals surface area contributed by atoms with Gasteiger partial charge in [0.05, 0.1) is 10.2 Å². The normalized spacial score (nSPS) is 10.9. The van der Waals surface area contributed by atoms with E-state index >= 15 is 0 Å². The number of anilines is 1. The molecule has 1 amide bonds. The third-order valence-electron chi connectivity index (χ3n) is 2.23. The predicted octanol–water partition coefficient (Wildman–Crippen LogP) is 3.34. The minimum Gasteiger partial charge on any atom is -0.300 e. The van der Waals surface area contributed by atoms with E-state index in [-0.39, 0.29) is 22.3 Å². The van der Waals surface area contributed by atoms with Crippen LogP contribution >= 0.6 is 15.9 Å². The van der Waals surface area contributed by atoms with Gasteiger partial charge in [-0.3, -0.25) is 14.5 Å². The van der Waals surface area contributed by atoms with E-state index in [2.05, 4.69) is 22.5 Å². The van der Waals surface area contributed by atoms with Gasteiger partial charge in [-0.15, -0.1) is 6.58 Å². The summed E-state index contributed by atoms with van der Waals surface area (Å²) in [5, 5.41) is 0. The Morgan fingerprint density at radius 2 is 2.05 bits per heavy atom. The smallest absolute Gasteiger partial charge is 0.300 e. The van der Waals surface area contributed by atoms with Crippen LogP contribution in [-0.2, 0) is 4.79 Å². The lowest BCUT2D eigenvalue weighted by atomic mass is 10.2. The molecule has 0 atom stereocenters. The number of carbonyl (C=O) groups is 2. The van der Waals surface area contributed by atoms with E-state index in [1.165, 1.54) is 24.3 Å². The van der Waals surface area contributed by atoms with Crippen molar-refractivity contribution in [3.63, 3.8) is 0 Å². The molecule has 102 valence electrons.